The van der Waals surface area contributed by atoms with Crippen molar-refractivity contribution in [1.29, 1.82) is 0 Å². The van der Waals surface area contributed by atoms with E-state index < -0.39 is 0 Å². The average molecular weight is 450 g/mol. The van der Waals surface area contributed by atoms with E-state index in [1.54, 1.807) is 12.1 Å². The number of ether oxygens (including phenoxy) is 2. The Hall–Kier alpha value is -2.12. The van der Waals surface area contributed by atoms with Gasteiger partial charge in [0.05, 0.1) is 19.8 Å². The number of benzene rings is 2. The summed E-state index contributed by atoms with van der Waals surface area (Å²) in [6, 6.07) is 10.3. The molecule has 7 heteroatoms. The molecule has 0 saturated carbocycles. The molecule has 1 aliphatic rings. The van der Waals surface area contributed by atoms with Crippen LogP contribution in [0.25, 0.3) is 0 Å². The molecule has 0 unspecified atom stereocenters. The van der Waals surface area contributed by atoms with Crippen molar-refractivity contribution in [2.75, 3.05) is 27.3 Å². The minimum Gasteiger partial charge on any atom is -0.493 e. The Bertz CT molecular complexity index is 829. The molecule has 0 bridgehead atoms. The largest absolute Gasteiger partial charge is 0.493 e. The van der Waals surface area contributed by atoms with Crippen LogP contribution in [0.15, 0.2) is 40.9 Å². The second-order valence-corrected chi connectivity index (χ2v) is 7.71. The quantitative estimate of drug-likeness (QED) is 0.693. The topological polar surface area (TPSA) is 50.8 Å². The van der Waals surface area contributed by atoms with Crippen molar-refractivity contribution >= 4 is 21.8 Å². The highest BCUT2D eigenvalue weighted by molar-refractivity contribution is 9.10. The predicted molar refractivity (Wildman–Crippen MR) is 109 cm³/mol. The molecule has 0 spiro atoms. The summed E-state index contributed by atoms with van der Waals surface area (Å²) in [5.41, 5.74) is 1.50. The lowest BCUT2D eigenvalue weighted by atomic mass is 10.1. The fourth-order valence-electron chi connectivity index (χ4n) is 3.56. The van der Waals surface area contributed by atoms with Crippen LogP contribution >= 0.6 is 15.9 Å². The maximum Gasteiger partial charge on any atom is 0.255 e. The van der Waals surface area contributed by atoms with Gasteiger partial charge in [0.15, 0.2) is 11.5 Å². The molecule has 0 aromatic heterocycles. The van der Waals surface area contributed by atoms with Gasteiger partial charge in [0, 0.05) is 23.6 Å². The van der Waals surface area contributed by atoms with Gasteiger partial charge in [-0.2, -0.15) is 0 Å². The summed E-state index contributed by atoms with van der Waals surface area (Å²) in [5, 5.41) is 3.02. The first-order valence-corrected chi connectivity index (χ1v) is 9.99. The van der Waals surface area contributed by atoms with E-state index in [4.69, 9.17) is 9.47 Å². The summed E-state index contributed by atoms with van der Waals surface area (Å²) in [6.07, 6.45) is 2.09. The SMILES string of the molecule is COc1cc(Br)cc(C(=O)NC[C@H]2CCCN2Cc2ccc([18F])cc2)c1OC. The van der Waals surface area contributed by atoms with Crippen LogP contribution in [-0.2, 0) is 6.54 Å². The molecule has 1 aliphatic heterocycles. The van der Waals surface area contributed by atoms with Gasteiger partial charge in [-0.3, -0.25) is 9.69 Å². The molecule has 2 aromatic carbocycles. The van der Waals surface area contributed by atoms with Gasteiger partial charge >= 0.3 is 0 Å². The maximum absolute atomic E-state index is 13.1. The number of halogens is 2. The van der Waals surface area contributed by atoms with E-state index in [1.165, 1.54) is 26.4 Å². The molecule has 150 valence electrons. The number of rotatable bonds is 7. The molecule has 3 rings (SSSR count). The molecular weight excluding hydrogens is 426 g/mol. The standard InChI is InChI=1S/C21H24BrFN2O3/c1-27-19-11-15(22)10-18(20(19)28-2)21(26)24-12-17-4-3-9-25(17)13-14-5-7-16(23)8-6-14/h5-8,10-11,17H,3-4,9,12-13H2,1-2H3,(H,24,26)/t17-/m1/s1/i23-1. The van der Waals surface area contributed by atoms with Crippen LogP contribution in [0.2, 0.25) is 0 Å². The summed E-state index contributed by atoms with van der Waals surface area (Å²) in [7, 11) is 3.06. The first-order chi connectivity index (χ1) is 13.5. The van der Waals surface area contributed by atoms with Gasteiger partial charge in [0.2, 0.25) is 0 Å². The van der Waals surface area contributed by atoms with Crippen molar-refractivity contribution in [3.8, 4) is 11.5 Å². The van der Waals surface area contributed by atoms with Crippen molar-refractivity contribution in [3.05, 3.63) is 57.8 Å². The van der Waals surface area contributed by atoms with Crippen molar-refractivity contribution in [2.45, 2.75) is 25.4 Å². The van der Waals surface area contributed by atoms with Crippen molar-refractivity contribution in [2.24, 2.45) is 0 Å². The van der Waals surface area contributed by atoms with Crippen LogP contribution in [0.4, 0.5) is 4.39 Å². The molecule has 1 saturated heterocycles. The Morgan fingerprint density at radius 1 is 1.25 bits per heavy atom. The van der Waals surface area contributed by atoms with Crippen LogP contribution in [0.1, 0.15) is 28.8 Å². The highest BCUT2D eigenvalue weighted by Gasteiger charge is 2.26. The average Bonchev–Trinajstić information content (AvgIpc) is 3.14. The van der Waals surface area contributed by atoms with Gasteiger partial charge < -0.3 is 14.8 Å². The number of amides is 1. The molecule has 2 aromatic rings. The Labute approximate surface area is 172 Å². The summed E-state index contributed by atoms with van der Waals surface area (Å²) >= 11 is 3.40. The van der Waals surface area contributed by atoms with Crippen LogP contribution in [0.5, 0.6) is 11.5 Å². The molecule has 1 N–H and O–H groups in total. The predicted octanol–water partition coefficient (Wildman–Crippen LogP) is 4.00. The lowest BCUT2D eigenvalue weighted by Gasteiger charge is -2.25. The Morgan fingerprint density at radius 2 is 2.00 bits per heavy atom. The zero-order valence-electron chi connectivity index (χ0n) is 16.0. The number of nitrogens with zero attached hydrogens (tertiary/aromatic N) is 1. The summed E-state index contributed by atoms with van der Waals surface area (Å²) < 4.78 is 24.5. The summed E-state index contributed by atoms with van der Waals surface area (Å²) in [5.74, 6) is 0.482. The molecular formula is C21H24BrFN2O3. The third-order valence-electron chi connectivity index (χ3n) is 4.98. The second-order valence-electron chi connectivity index (χ2n) is 6.79. The fourth-order valence-corrected chi connectivity index (χ4v) is 4.00. The van der Waals surface area contributed by atoms with E-state index >= 15 is 0 Å². The highest BCUT2D eigenvalue weighted by atomic mass is 79.9. The Morgan fingerprint density at radius 3 is 2.68 bits per heavy atom. The Kier molecular flexibility index (Phi) is 6.91. The first kappa shape index (κ1) is 20.6. The third-order valence-corrected chi connectivity index (χ3v) is 5.44. The summed E-state index contributed by atoms with van der Waals surface area (Å²) in [4.78, 5) is 15.1. The molecule has 0 aliphatic carbocycles. The van der Waals surface area contributed by atoms with E-state index in [2.05, 4.69) is 26.1 Å². The number of methoxy groups -OCH3 is 2. The van der Waals surface area contributed by atoms with E-state index in [0.717, 1.165) is 36.0 Å². The molecule has 1 amide bonds. The number of nitrogens with one attached hydrogen (secondary N) is 1. The number of hydrogen-bond acceptors (Lipinski definition) is 4. The van der Waals surface area contributed by atoms with Crippen molar-refractivity contribution in [1.82, 2.24) is 10.2 Å². The van der Waals surface area contributed by atoms with Crippen molar-refractivity contribution < 1.29 is 18.7 Å². The van der Waals surface area contributed by atoms with Gasteiger partial charge in [-0.15, -0.1) is 0 Å². The smallest absolute Gasteiger partial charge is 0.255 e. The van der Waals surface area contributed by atoms with E-state index in [0.29, 0.717) is 23.6 Å². The normalized spacial score (nSPS) is 16.8. The lowest BCUT2D eigenvalue weighted by Crippen LogP contribution is -2.39. The van der Waals surface area contributed by atoms with Gasteiger partial charge in [0.1, 0.15) is 5.82 Å². The first-order valence-electron chi connectivity index (χ1n) is 9.20. The maximum atomic E-state index is 13.1. The van der Waals surface area contributed by atoms with Crippen LogP contribution in [0, 0.1) is 5.82 Å². The molecule has 28 heavy (non-hydrogen) atoms. The summed E-state index contributed by atoms with van der Waals surface area (Å²) in [6.45, 7) is 2.25. The molecule has 0 radical (unpaired) electrons. The molecule has 1 atom stereocenters. The van der Waals surface area contributed by atoms with Gasteiger partial charge in [-0.05, 0) is 49.2 Å². The van der Waals surface area contributed by atoms with Crippen LogP contribution < -0.4 is 14.8 Å². The zero-order chi connectivity index (χ0) is 20.1. The lowest BCUT2D eigenvalue weighted by molar-refractivity contribution is 0.0936. The second kappa shape index (κ2) is 9.39. The third kappa shape index (κ3) is 4.83. The molecule has 1 heterocycles. The van der Waals surface area contributed by atoms with Crippen LogP contribution in [-0.4, -0.2) is 44.2 Å². The zero-order valence-corrected chi connectivity index (χ0v) is 17.6. The van der Waals surface area contributed by atoms with Crippen LogP contribution in [0.3, 0.4) is 0 Å². The molecule has 5 nitrogen and oxygen atoms in total. The molecule has 1 fully saturated rings. The Balaban J connectivity index is 1.65. The van der Waals surface area contributed by atoms with Gasteiger partial charge in [0.25, 0.3) is 5.91 Å². The van der Waals surface area contributed by atoms with E-state index in [-0.39, 0.29) is 17.8 Å². The number of likely N-dealkylation sites (tertiary alicyclic amines) is 1. The van der Waals surface area contributed by atoms with Gasteiger partial charge in [-0.1, -0.05) is 28.1 Å². The number of hydrogen-bond donors (Lipinski definition) is 1. The van der Waals surface area contributed by atoms with E-state index in [1.807, 2.05) is 12.1 Å². The highest BCUT2D eigenvalue weighted by Crippen LogP contribution is 2.34. The van der Waals surface area contributed by atoms with Crippen molar-refractivity contribution in [3.63, 3.8) is 0 Å². The number of carbonyl (C=O) groups is 1. The minimum absolute atomic E-state index is 0.204. The fraction of sp³-hybridized carbons (Fsp3) is 0.381. The minimum atomic E-state index is -0.229. The van der Waals surface area contributed by atoms with Gasteiger partial charge in [-0.25, -0.2) is 4.39 Å². The number of carbonyl (C=O) groups excluding carboxylic acids is 1. The monoisotopic (exact) mass is 449 g/mol. The van der Waals surface area contributed by atoms with E-state index in [9.17, 15) is 9.18 Å².